The van der Waals surface area contributed by atoms with Gasteiger partial charge in [-0.1, -0.05) is 12.1 Å². The van der Waals surface area contributed by atoms with Crippen LogP contribution in [-0.2, 0) is 20.7 Å². The lowest BCUT2D eigenvalue weighted by molar-refractivity contribution is -0.384. The van der Waals surface area contributed by atoms with Crippen LogP contribution < -0.4 is 0 Å². The fraction of sp³-hybridized carbons (Fsp3) is 0.467. The minimum atomic E-state index is -0.524. The minimum Gasteiger partial charge on any atom is -0.467 e. The Balaban J connectivity index is 2.06. The van der Waals surface area contributed by atoms with Crippen molar-refractivity contribution in [2.24, 2.45) is 0 Å². The monoisotopic (exact) mass is 306 g/mol. The van der Waals surface area contributed by atoms with Crippen molar-refractivity contribution < 1.29 is 19.2 Å². The molecule has 1 saturated heterocycles. The van der Waals surface area contributed by atoms with Crippen LogP contribution in [0.2, 0.25) is 0 Å². The number of non-ortho nitro benzene ring substituents is 1. The van der Waals surface area contributed by atoms with Crippen molar-refractivity contribution in [3.05, 3.63) is 39.9 Å². The summed E-state index contributed by atoms with van der Waals surface area (Å²) >= 11 is 0. The van der Waals surface area contributed by atoms with Crippen molar-refractivity contribution in [3.63, 3.8) is 0 Å². The van der Waals surface area contributed by atoms with Crippen molar-refractivity contribution in [3.8, 4) is 0 Å². The fourth-order valence-corrected chi connectivity index (χ4v) is 2.62. The molecule has 1 amide bonds. The largest absolute Gasteiger partial charge is 0.467 e. The molecule has 1 aliphatic heterocycles. The molecule has 1 fully saturated rings. The van der Waals surface area contributed by atoms with E-state index < -0.39 is 16.9 Å². The van der Waals surface area contributed by atoms with Crippen LogP contribution in [0.25, 0.3) is 0 Å². The summed E-state index contributed by atoms with van der Waals surface area (Å²) in [5.74, 6) is -0.555. The van der Waals surface area contributed by atoms with Crippen LogP contribution in [0.4, 0.5) is 5.69 Å². The number of piperidine rings is 1. The van der Waals surface area contributed by atoms with E-state index in [-0.39, 0.29) is 18.0 Å². The van der Waals surface area contributed by atoms with Gasteiger partial charge in [0.2, 0.25) is 5.91 Å². The van der Waals surface area contributed by atoms with E-state index in [0.29, 0.717) is 18.5 Å². The predicted octanol–water partition coefficient (Wildman–Crippen LogP) is 1.69. The van der Waals surface area contributed by atoms with Gasteiger partial charge in [-0.3, -0.25) is 14.9 Å². The lowest BCUT2D eigenvalue weighted by atomic mass is 10.0. The highest BCUT2D eigenvalue weighted by atomic mass is 16.6. The Hall–Kier alpha value is -2.44. The molecule has 1 aromatic carbocycles. The molecule has 1 atom stereocenters. The summed E-state index contributed by atoms with van der Waals surface area (Å²) in [6.45, 7) is 0.533. The van der Waals surface area contributed by atoms with Gasteiger partial charge in [0.05, 0.1) is 18.5 Å². The Kier molecular flexibility index (Phi) is 5.08. The third kappa shape index (κ3) is 3.60. The number of nitro groups is 1. The SMILES string of the molecule is COC(=O)C1CCCCN1C(=O)Cc1ccc([N+](=O)[O-])cc1. The van der Waals surface area contributed by atoms with Crippen LogP contribution in [0.5, 0.6) is 0 Å². The first-order chi connectivity index (χ1) is 10.5. The number of rotatable bonds is 4. The molecule has 7 nitrogen and oxygen atoms in total. The van der Waals surface area contributed by atoms with E-state index in [0.717, 1.165) is 12.8 Å². The molecular weight excluding hydrogens is 288 g/mol. The normalized spacial score (nSPS) is 17.9. The van der Waals surface area contributed by atoms with Gasteiger partial charge in [-0.25, -0.2) is 4.79 Å². The summed E-state index contributed by atoms with van der Waals surface area (Å²) in [4.78, 5) is 35.8. The van der Waals surface area contributed by atoms with E-state index in [1.807, 2.05) is 0 Å². The van der Waals surface area contributed by atoms with Crippen LogP contribution in [-0.4, -0.2) is 41.4 Å². The number of carbonyl (C=O) groups is 2. The predicted molar refractivity (Wildman–Crippen MR) is 78.2 cm³/mol. The summed E-state index contributed by atoms with van der Waals surface area (Å²) in [6, 6.07) is 5.34. The van der Waals surface area contributed by atoms with Gasteiger partial charge in [0, 0.05) is 18.7 Å². The maximum atomic E-state index is 12.4. The second-order valence-electron chi connectivity index (χ2n) is 5.22. The van der Waals surface area contributed by atoms with E-state index in [2.05, 4.69) is 0 Å². The van der Waals surface area contributed by atoms with Gasteiger partial charge in [0.1, 0.15) is 6.04 Å². The van der Waals surface area contributed by atoms with Crippen LogP contribution in [0.15, 0.2) is 24.3 Å². The number of carbonyl (C=O) groups excluding carboxylic acids is 2. The summed E-state index contributed by atoms with van der Waals surface area (Å²) in [5, 5.41) is 10.6. The Labute approximate surface area is 128 Å². The van der Waals surface area contributed by atoms with Crippen LogP contribution in [0.3, 0.4) is 0 Å². The molecule has 1 aliphatic rings. The van der Waals surface area contributed by atoms with E-state index in [9.17, 15) is 19.7 Å². The molecule has 2 rings (SSSR count). The molecule has 0 bridgehead atoms. The zero-order valence-corrected chi connectivity index (χ0v) is 12.4. The van der Waals surface area contributed by atoms with E-state index >= 15 is 0 Å². The Bertz CT molecular complexity index is 570. The van der Waals surface area contributed by atoms with Gasteiger partial charge in [0.25, 0.3) is 5.69 Å². The van der Waals surface area contributed by atoms with Gasteiger partial charge >= 0.3 is 5.97 Å². The highest BCUT2D eigenvalue weighted by molar-refractivity contribution is 5.86. The number of nitrogens with zero attached hydrogens (tertiary/aromatic N) is 2. The van der Waals surface area contributed by atoms with Crippen molar-refractivity contribution >= 4 is 17.6 Å². The maximum Gasteiger partial charge on any atom is 0.328 e. The van der Waals surface area contributed by atoms with E-state index in [1.54, 1.807) is 17.0 Å². The molecule has 1 heterocycles. The minimum absolute atomic E-state index is 0.0124. The maximum absolute atomic E-state index is 12.4. The molecular formula is C15H18N2O5. The molecule has 22 heavy (non-hydrogen) atoms. The molecule has 7 heteroatoms. The van der Waals surface area contributed by atoms with E-state index in [4.69, 9.17) is 4.74 Å². The quantitative estimate of drug-likeness (QED) is 0.480. The standard InChI is InChI=1S/C15H18N2O5/c1-22-15(19)13-4-2-3-9-16(13)14(18)10-11-5-7-12(8-6-11)17(20)21/h5-8,13H,2-4,9-10H2,1H3. The van der Waals surface area contributed by atoms with Gasteiger partial charge in [-0.2, -0.15) is 0 Å². The number of esters is 1. The number of likely N-dealkylation sites (tertiary alicyclic amines) is 1. The molecule has 0 aliphatic carbocycles. The van der Waals surface area contributed by atoms with Crippen molar-refractivity contribution in [1.29, 1.82) is 0 Å². The number of amides is 1. The zero-order valence-electron chi connectivity index (χ0n) is 12.4. The third-order valence-corrected chi connectivity index (χ3v) is 3.80. The molecule has 1 aromatic rings. The average molecular weight is 306 g/mol. The molecule has 0 spiro atoms. The number of nitro benzene ring substituents is 1. The third-order valence-electron chi connectivity index (χ3n) is 3.80. The topological polar surface area (TPSA) is 89.8 Å². The molecule has 0 N–H and O–H groups in total. The lowest BCUT2D eigenvalue weighted by Crippen LogP contribution is -2.49. The number of methoxy groups -OCH3 is 1. The van der Waals surface area contributed by atoms with Crippen molar-refractivity contribution in [2.75, 3.05) is 13.7 Å². The molecule has 118 valence electrons. The van der Waals surface area contributed by atoms with Crippen molar-refractivity contribution in [1.82, 2.24) is 4.90 Å². The van der Waals surface area contributed by atoms with Crippen LogP contribution >= 0.6 is 0 Å². The lowest BCUT2D eigenvalue weighted by Gasteiger charge is -2.33. The fourth-order valence-electron chi connectivity index (χ4n) is 2.62. The smallest absolute Gasteiger partial charge is 0.328 e. The summed E-state index contributed by atoms with van der Waals surface area (Å²) in [6.07, 6.45) is 2.48. The Morgan fingerprint density at radius 3 is 2.59 bits per heavy atom. The number of hydrogen-bond donors (Lipinski definition) is 0. The number of benzene rings is 1. The molecule has 1 unspecified atom stereocenters. The van der Waals surface area contributed by atoms with Crippen LogP contribution in [0, 0.1) is 10.1 Å². The first-order valence-corrected chi connectivity index (χ1v) is 7.13. The number of ether oxygens (including phenoxy) is 1. The summed E-state index contributed by atoms with van der Waals surface area (Å²) in [7, 11) is 1.32. The summed E-state index contributed by atoms with van der Waals surface area (Å²) in [5.41, 5.74) is 0.673. The molecule has 0 radical (unpaired) electrons. The Morgan fingerprint density at radius 2 is 2.00 bits per heavy atom. The van der Waals surface area contributed by atoms with Gasteiger partial charge < -0.3 is 9.64 Å². The zero-order chi connectivity index (χ0) is 16.1. The average Bonchev–Trinajstić information content (AvgIpc) is 2.54. The van der Waals surface area contributed by atoms with Gasteiger partial charge in [-0.15, -0.1) is 0 Å². The second kappa shape index (κ2) is 7.02. The van der Waals surface area contributed by atoms with Gasteiger partial charge in [-0.05, 0) is 24.8 Å². The van der Waals surface area contributed by atoms with Gasteiger partial charge in [0.15, 0.2) is 0 Å². The molecule has 0 aromatic heterocycles. The second-order valence-corrected chi connectivity index (χ2v) is 5.22. The van der Waals surface area contributed by atoms with Crippen molar-refractivity contribution in [2.45, 2.75) is 31.7 Å². The first kappa shape index (κ1) is 15.9. The highest BCUT2D eigenvalue weighted by Gasteiger charge is 2.32. The van der Waals surface area contributed by atoms with E-state index in [1.165, 1.54) is 19.2 Å². The summed E-state index contributed by atoms with van der Waals surface area (Å²) < 4.78 is 4.75. The molecule has 0 saturated carbocycles. The highest BCUT2D eigenvalue weighted by Crippen LogP contribution is 2.20. The van der Waals surface area contributed by atoms with Crippen LogP contribution in [0.1, 0.15) is 24.8 Å². The number of hydrogen-bond acceptors (Lipinski definition) is 5. The Morgan fingerprint density at radius 1 is 1.32 bits per heavy atom. The first-order valence-electron chi connectivity index (χ1n) is 7.13.